The molecule has 3 nitrogen and oxygen atoms in total. The van der Waals surface area contributed by atoms with Crippen LogP contribution in [0.4, 0.5) is 0 Å². The Morgan fingerprint density at radius 2 is 1.83 bits per heavy atom. The van der Waals surface area contributed by atoms with Gasteiger partial charge < -0.3 is 15.3 Å². The summed E-state index contributed by atoms with van der Waals surface area (Å²) in [5.41, 5.74) is 6.12. The molecule has 0 bridgehead atoms. The Bertz CT molecular complexity index is 733. The van der Waals surface area contributed by atoms with Crippen molar-refractivity contribution < 1.29 is 15.3 Å². The van der Waals surface area contributed by atoms with Gasteiger partial charge in [0.25, 0.3) is 0 Å². The maximum atomic E-state index is 10.1. The van der Waals surface area contributed by atoms with Crippen LogP contribution in [0, 0.1) is 11.3 Å². The first-order valence-electron chi connectivity index (χ1n) is 11.9. The normalized spacial score (nSPS) is 35.6. The highest BCUT2D eigenvalue weighted by Gasteiger charge is 2.46. The molecule has 3 fully saturated rings. The van der Waals surface area contributed by atoms with Crippen molar-refractivity contribution in [3.63, 3.8) is 0 Å². The highest BCUT2D eigenvalue weighted by atomic mass is 16.3. The highest BCUT2D eigenvalue weighted by molar-refractivity contribution is 5.35. The Hall–Kier alpha value is -1.16. The van der Waals surface area contributed by atoms with Crippen LogP contribution >= 0.6 is 0 Å². The summed E-state index contributed by atoms with van der Waals surface area (Å²) in [6.45, 7) is 12.4. The molecule has 0 saturated heterocycles. The fourth-order valence-electron chi connectivity index (χ4n) is 6.12. The molecule has 168 valence electrons. The van der Waals surface area contributed by atoms with Gasteiger partial charge in [-0.3, -0.25) is 0 Å². The predicted molar refractivity (Wildman–Crippen MR) is 124 cm³/mol. The van der Waals surface area contributed by atoms with E-state index < -0.39 is 17.8 Å². The van der Waals surface area contributed by atoms with Gasteiger partial charge in [0.15, 0.2) is 0 Å². The maximum absolute atomic E-state index is 10.1. The summed E-state index contributed by atoms with van der Waals surface area (Å²) in [6, 6.07) is 0. The van der Waals surface area contributed by atoms with Gasteiger partial charge in [0.05, 0.1) is 17.8 Å². The monoisotopic (exact) mass is 414 g/mol. The molecule has 1 unspecified atom stereocenters. The summed E-state index contributed by atoms with van der Waals surface area (Å²) in [5.74, 6) is 0.607. The number of hydrogen-bond acceptors (Lipinski definition) is 3. The molecule has 0 heterocycles. The maximum Gasteiger partial charge on any atom is 0.0809 e. The van der Waals surface area contributed by atoms with Crippen molar-refractivity contribution in [1.82, 2.24) is 0 Å². The fourth-order valence-corrected chi connectivity index (χ4v) is 6.12. The van der Waals surface area contributed by atoms with Gasteiger partial charge in [-0.2, -0.15) is 0 Å². The van der Waals surface area contributed by atoms with Crippen LogP contribution in [0.25, 0.3) is 0 Å². The first kappa shape index (κ1) is 23.5. The average molecular weight is 415 g/mol. The highest BCUT2D eigenvalue weighted by Crippen LogP contribution is 2.58. The van der Waals surface area contributed by atoms with E-state index in [9.17, 15) is 15.3 Å². The summed E-state index contributed by atoms with van der Waals surface area (Å²) in [4.78, 5) is 0. The number of aliphatic hydroxyl groups is 3. The molecular formula is C27H42O3. The average Bonchev–Trinajstić information content (AvgIpc) is 3.00. The van der Waals surface area contributed by atoms with Crippen molar-refractivity contribution in [2.75, 3.05) is 0 Å². The van der Waals surface area contributed by atoms with E-state index in [0.717, 1.165) is 31.3 Å². The lowest BCUT2D eigenvalue weighted by atomic mass is 9.64. The second-order valence-electron chi connectivity index (χ2n) is 10.9. The summed E-state index contributed by atoms with van der Waals surface area (Å²) >= 11 is 0. The van der Waals surface area contributed by atoms with Gasteiger partial charge in [-0.1, -0.05) is 47.9 Å². The molecular weight excluding hydrogens is 372 g/mol. The van der Waals surface area contributed by atoms with Gasteiger partial charge in [0.2, 0.25) is 0 Å². The number of aliphatic hydroxyl groups excluding tert-OH is 2. The lowest BCUT2D eigenvalue weighted by molar-refractivity contribution is 0.0689. The molecule has 4 atom stereocenters. The summed E-state index contributed by atoms with van der Waals surface area (Å²) in [7, 11) is 0. The topological polar surface area (TPSA) is 60.7 Å². The molecule has 0 radical (unpaired) electrons. The van der Waals surface area contributed by atoms with E-state index in [1.54, 1.807) is 16.7 Å². The lowest BCUT2D eigenvalue weighted by Gasteiger charge is -2.40. The fraction of sp³-hybridized carbons (Fsp3) is 0.704. The SMILES string of the molecule is C=C1[C@H](O)CC(=C/C=C2\CCCC3(C)/C(=C(\C)CCCC(C)(C)O)CC[C@@H]23)C[C@H]1O. The standard InChI is InChI=1S/C27H42O3/c1-18(8-6-14-26(3,4)30)22-12-13-23-21(9-7-15-27(22,23)5)11-10-20-16-24(28)19(2)25(29)17-20/h10-11,23-25,28-30H,2,6-9,12-17H2,1,3-5H3/b21-11+,22-18+/t23-,24+,25+,27?/m0/s1. The molecule has 3 rings (SSSR count). The van der Waals surface area contributed by atoms with E-state index in [4.69, 9.17) is 0 Å². The molecule has 0 aromatic carbocycles. The van der Waals surface area contributed by atoms with E-state index in [1.807, 2.05) is 13.8 Å². The van der Waals surface area contributed by atoms with E-state index in [2.05, 4.69) is 32.6 Å². The minimum atomic E-state index is -0.623. The number of hydrogen-bond donors (Lipinski definition) is 3. The summed E-state index contributed by atoms with van der Waals surface area (Å²) in [5, 5.41) is 30.3. The van der Waals surface area contributed by atoms with Crippen LogP contribution in [-0.4, -0.2) is 33.1 Å². The van der Waals surface area contributed by atoms with E-state index in [1.165, 1.54) is 25.7 Å². The molecule has 3 saturated carbocycles. The summed E-state index contributed by atoms with van der Waals surface area (Å²) in [6.07, 6.45) is 13.5. The predicted octanol–water partition coefficient (Wildman–Crippen LogP) is 5.77. The zero-order valence-electron chi connectivity index (χ0n) is 19.5. The van der Waals surface area contributed by atoms with Crippen LogP contribution in [-0.2, 0) is 0 Å². The lowest BCUT2D eigenvalue weighted by Crippen LogP contribution is -2.29. The zero-order valence-corrected chi connectivity index (χ0v) is 19.5. The Morgan fingerprint density at radius 3 is 2.47 bits per heavy atom. The molecule has 0 spiro atoms. The number of allylic oxidation sites excluding steroid dienone is 5. The van der Waals surface area contributed by atoms with E-state index in [0.29, 0.717) is 24.3 Å². The quantitative estimate of drug-likeness (QED) is 0.501. The smallest absolute Gasteiger partial charge is 0.0809 e. The van der Waals surface area contributed by atoms with Crippen molar-refractivity contribution in [3.05, 3.63) is 46.6 Å². The molecule has 3 aliphatic rings. The third kappa shape index (κ3) is 5.18. The van der Waals surface area contributed by atoms with E-state index >= 15 is 0 Å². The molecule has 30 heavy (non-hydrogen) atoms. The first-order valence-corrected chi connectivity index (χ1v) is 11.9. The van der Waals surface area contributed by atoms with Gasteiger partial charge in [0, 0.05) is 0 Å². The van der Waals surface area contributed by atoms with Gasteiger partial charge in [-0.05, 0) is 102 Å². The molecule has 0 aromatic heterocycles. The van der Waals surface area contributed by atoms with Crippen LogP contribution < -0.4 is 0 Å². The zero-order chi connectivity index (χ0) is 22.1. The Kier molecular flexibility index (Phi) is 7.16. The second-order valence-corrected chi connectivity index (χ2v) is 10.9. The molecule has 0 amide bonds. The van der Waals surface area contributed by atoms with Crippen LogP contribution in [0.3, 0.4) is 0 Å². The van der Waals surface area contributed by atoms with Crippen LogP contribution in [0.15, 0.2) is 46.6 Å². The Morgan fingerprint density at radius 1 is 1.17 bits per heavy atom. The Labute approximate surface area is 183 Å². The van der Waals surface area contributed by atoms with Crippen molar-refractivity contribution in [2.45, 2.75) is 110 Å². The van der Waals surface area contributed by atoms with Crippen molar-refractivity contribution >= 4 is 0 Å². The number of fused-ring (bicyclic) bond motifs is 1. The van der Waals surface area contributed by atoms with Gasteiger partial charge in [-0.15, -0.1) is 0 Å². The third-order valence-corrected chi connectivity index (χ3v) is 7.91. The molecule has 3 heteroatoms. The van der Waals surface area contributed by atoms with Crippen LogP contribution in [0.1, 0.15) is 91.9 Å². The van der Waals surface area contributed by atoms with Crippen LogP contribution in [0.2, 0.25) is 0 Å². The molecule has 0 aromatic rings. The van der Waals surface area contributed by atoms with Crippen molar-refractivity contribution in [3.8, 4) is 0 Å². The summed E-state index contributed by atoms with van der Waals surface area (Å²) < 4.78 is 0. The van der Waals surface area contributed by atoms with E-state index in [-0.39, 0.29) is 5.41 Å². The molecule has 0 aliphatic heterocycles. The second kappa shape index (κ2) is 9.14. The van der Waals surface area contributed by atoms with Crippen molar-refractivity contribution in [2.24, 2.45) is 11.3 Å². The minimum Gasteiger partial charge on any atom is -0.390 e. The molecule has 3 N–H and O–H groups in total. The Balaban J connectivity index is 1.74. The number of rotatable bonds is 5. The van der Waals surface area contributed by atoms with Crippen molar-refractivity contribution in [1.29, 1.82) is 0 Å². The van der Waals surface area contributed by atoms with Crippen LogP contribution in [0.5, 0.6) is 0 Å². The van der Waals surface area contributed by atoms with Gasteiger partial charge in [-0.25, -0.2) is 0 Å². The largest absolute Gasteiger partial charge is 0.390 e. The third-order valence-electron chi connectivity index (χ3n) is 7.91. The van der Waals surface area contributed by atoms with Gasteiger partial charge in [0.1, 0.15) is 0 Å². The first-order chi connectivity index (χ1) is 14.0. The molecule has 3 aliphatic carbocycles. The minimum absolute atomic E-state index is 0.265. The van der Waals surface area contributed by atoms with Gasteiger partial charge >= 0.3 is 0 Å².